The molecule has 0 unspecified atom stereocenters. The summed E-state index contributed by atoms with van der Waals surface area (Å²) in [5, 5.41) is 45.6. The lowest BCUT2D eigenvalue weighted by atomic mass is 10.0. The maximum Gasteiger partial charge on any atom is 0.407 e. The zero-order valence-corrected chi connectivity index (χ0v) is 49.2. The second-order valence-electron chi connectivity index (χ2n) is 20.6. The quantitative estimate of drug-likeness (QED) is 0.0363. The number of nitrogens with two attached hydrogens (primary N) is 1. The number of primary amides is 1. The summed E-state index contributed by atoms with van der Waals surface area (Å²) in [5.74, 6) is -12.7. The average molecular weight is 1210 g/mol. The van der Waals surface area contributed by atoms with Crippen molar-refractivity contribution in [3.8, 4) is 0 Å². The summed E-state index contributed by atoms with van der Waals surface area (Å²) >= 11 is 0. The number of amides is 12. The van der Waals surface area contributed by atoms with Gasteiger partial charge in [-0.25, -0.2) is 9.59 Å². The Bertz CT molecular complexity index is 2650. The van der Waals surface area contributed by atoms with Gasteiger partial charge >= 0.3 is 24.1 Å². The van der Waals surface area contributed by atoms with Gasteiger partial charge < -0.3 is 83.9 Å². The zero-order chi connectivity index (χ0) is 64.5. The zero-order valence-electron chi connectivity index (χ0n) is 49.2. The van der Waals surface area contributed by atoms with Gasteiger partial charge in [0.1, 0.15) is 67.6 Å². The van der Waals surface area contributed by atoms with Crippen LogP contribution in [0.3, 0.4) is 0 Å². The Balaban J connectivity index is 1.96. The third kappa shape index (κ3) is 29.7. The number of carboxylic acid groups (broad SMARTS) is 2. The number of unbranched alkanes of at least 4 members (excludes halogenated alkanes) is 2. The predicted octanol–water partition coefficient (Wildman–Crippen LogP) is -0.877. The standard InChI is InChI=1S/C56H82N12O18/c1-31(2)26-41(54(82)68-43(28-45(72)73)53(81)63-34(5)48(76)65-39(46(57)74)22-14-16-24-58-55(83)85-29-37-18-10-8-11-19-37)66-49(77)33(4)60-47(75)32(3)62-52(80)42(27-44(70)71)67-50(78)35(6)61-51(79)40(64-36(7)69)23-15-17-25-59-56(84)86-30-38-20-12-9-13-21-38/h8-13,18-21,31-35,39-43H,14-17,22-30H2,1-7H3,(H2,57,74)(H,58,83)(H,59,84)(H,60,75)(H,61,79)(H,62,80)(H,63,81)(H,64,69)(H,65,76)(H,66,77)(H,67,78)(H,68,82)(H,70,71)(H,72,73)/t32-,33-,34-,35-,39-,40-,41-,42-,43-/m0/s1. The fourth-order valence-corrected chi connectivity index (χ4v) is 7.85. The summed E-state index contributed by atoms with van der Waals surface area (Å²) in [6, 6.07) is 4.95. The number of hydrogen-bond donors (Lipinski definition) is 14. The fraction of sp³-hybridized carbons (Fsp3) is 0.536. The molecule has 12 amide bonds. The third-order valence-electron chi connectivity index (χ3n) is 12.5. The van der Waals surface area contributed by atoms with Crippen molar-refractivity contribution >= 4 is 83.2 Å². The van der Waals surface area contributed by atoms with Gasteiger partial charge in [-0.2, -0.15) is 0 Å². The molecule has 0 fully saturated rings. The molecule has 2 aromatic rings. The normalized spacial score (nSPS) is 13.9. The highest BCUT2D eigenvalue weighted by Crippen LogP contribution is 2.10. The van der Waals surface area contributed by atoms with Crippen LogP contribution in [0.25, 0.3) is 0 Å². The Kier molecular flexibility index (Phi) is 32.5. The molecule has 0 heterocycles. The highest BCUT2D eigenvalue weighted by Gasteiger charge is 2.34. The van der Waals surface area contributed by atoms with Crippen LogP contribution in [-0.2, 0) is 80.2 Å². The van der Waals surface area contributed by atoms with Crippen LogP contribution in [-0.4, -0.2) is 161 Å². The molecule has 2 aromatic carbocycles. The molecule has 0 aromatic heterocycles. The molecule has 474 valence electrons. The van der Waals surface area contributed by atoms with Crippen LogP contribution in [0.5, 0.6) is 0 Å². The second kappa shape index (κ2) is 38.5. The third-order valence-corrected chi connectivity index (χ3v) is 12.5. The van der Waals surface area contributed by atoms with Crippen molar-refractivity contribution in [3.05, 3.63) is 71.8 Å². The fourth-order valence-electron chi connectivity index (χ4n) is 7.85. The van der Waals surface area contributed by atoms with E-state index in [9.17, 15) is 77.3 Å². The molecule has 0 saturated carbocycles. The minimum Gasteiger partial charge on any atom is -0.481 e. The molecule has 0 aliphatic carbocycles. The molecule has 15 N–H and O–H groups in total. The van der Waals surface area contributed by atoms with Gasteiger partial charge in [0.05, 0.1) is 12.8 Å². The van der Waals surface area contributed by atoms with E-state index in [0.29, 0.717) is 25.7 Å². The van der Waals surface area contributed by atoms with Crippen LogP contribution in [0.1, 0.15) is 117 Å². The number of nitrogens with one attached hydrogen (secondary N) is 11. The lowest BCUT2D eigenvalue weighted by molar-refractivity contribution is -0.142. The summed E-state index contributed by atoms with van der Waals surface area (Å²) in [7, 11) is 0. The molecular formula is C56H82N12O18. The SMILES string of the molecule is CC(=O)N[C@@H](CCCCNC(=O)OCc1ccccc1)C(=O)N[C@@H](C)C(=O)N[C@@H](CC(=O)O)C(=O)N[C@@H](C)C(=O)N[C@@H](C)C(=O)N[C@@H](CC(C)C)C(=O)N[C@@H](CC(=O)O)C(=O)N[C@@H](C)C(=O)N[C@@H](CCCCNC(=O)OCc1ccccc1)C(N)=O. The number of alkyl carbamates (subject to hydrolysis) is 2. The lowest BCUT2D eigenvalue weighted by Crippen LogP contribution is -2.60. The van der Waals surface area contributed by atoms with E-state index in [-0.39, 0.29) is 51.5 Å². The molecule has 0 radical (unpaired) electrons. The molecule has 0 aliphatic heterocycles. The number of ether oxygens (including phenoxy) is 2. The highest BCUT2D eigenvalue weighted by molar-refractivity contribution is 5.99. The summed E-state index contributed by atoms with van der Waals surface area (Å²) in [4.78, 5) is 179. The van der Waals surface area contributed by atoms with E-state index in [1.165, 1.54) is 34.6 Å². The smallest absolute Gasteiger partial charge is 0.407 e. The number of carboxylic acids is 2. The van der Waals surface area contributed by atoms with Crippen molar-refractivity contribution in [2.75, 3.05) is 13.1 Å². The molecule has 0 aliphatic rings. The average Bonchev–Trinajstić information content (AvgIpc) is 3.66. The summed E-state index contributed by atoms with van der Waals surface area (Å²) < 4.78 is 10.3. The Morgan fingerprint density at radius 2 is 0.744 bits per heavy atom. The Labute approximate surface area is 497 Å². The van der Waals surface area contributed by atoms with E-state index in [2.05, 4.69) is 58.5 Å². The van der Waals surface area contributed by atoms with Crippen LogP contribution in [0.15, 0.2) is 60.7 Å². The maximum atomic E-state index is 13.7. The molecule has 0 saturated heterocycles. The van der Waals surface area contributed by atoms with Crippen molar-refractivity contribution in [1.82, 2.24) is 58.5 Å². The van der Waals surface area contributed by atoms with Crippen LogP contribution < -0.4 is 64.2 Å². The first-order chi connectivity index (χ1) is 40.6. The van der Waals surface area contributed by atoms with Gasteiger partial charge in [0.25, 0.3) is 0 Å². The lowest BCUT2D eigenvalue weighted by Gasteiger charge is -2.26. The molecule has 30 heteroatoms. The molecule has 0 spiro atoms. The van der Waals surface area contributed by atoms with Gasteiger partial charge in [-0.05, 0) is 89.7 Å². The van der Waals surface area contributed by atoms with Gasteiger partial charge in [0.15, 0.2) is 0 Å². The maximum absolute atomic E-state index is 13.7. The summed E-state index contributed by atoms with van der Waals surface area (Å²) in [6.45, 7) is 9.90. The van der Waals surface area contributed by atoms with E-state index in [0.717, 1.165) is 11.1 Å². The second-order valence-corrected chi connectivity index (χ2v) is 20.6. The summed E-state index contributed by atoms with van der Waals surface area (Å²) in [6.07, 6.45) is -1.80. The van der Waals surface area contributed by atoms with Gasteiger partial charge in [0, 0.05) is 20.0 Å². The highest BCUT2D eigenvalue weighted by atomic mass is 16.6. The largest absolute Gasteiger partial charge is 0.481 e. The monoisotopic (exact) mass is 1210 g/mol. The van der Waals surface area contributed by atoms with E-state index in [4.69, 9.17) is 15.2 Å². The Morgan fingerprint density at radius 1 is 0.419 bits per heavy atom. The Morgan fingerprint density at radius 3 is 1.12 bits per heavy atom. The molecular weight excluding hydrogens is 1130 g/mol. The van der Waals surface area contributed by atoms with Gasteiger partial charge in [-0.15, -0.1) is 0 Å². The number of rotatable bonds is 38. The van der Waals surface area contributed by atoms with E-state index in [1.54, 1.807) is 62.4 Å². The van der Waals surface area contributed by atoms with Crippen molar-refractivity contribution in [2.45, 2.75) is 174 Å². The van der Waals surface area contributed by atoms with Gasteiger partial charge in [-0.1, -0.05) is 74.5 Å². The number of carbonyl (C=O) groups excluding carboxylic acids is 12. The summed E-state index contributed by atoms with van der Waals surface area (Å²) in [5.41, 5.74) is 7.09. The van der Waals surface area contributed by atoms with E-state index < -0.39 is 150 Å². The number of hydrogen-bond acceptors (Lipinski definition) is 16. The Hall–Kier alpha value is -9.38. The van der Waals surface area contributed by atoms with E-state index >= 15 is 0 Å². The van der Waals surface area contributed by atoms with Crippen molar-refractivity contribution in [1.29, 1.82) is 0 Å². The van der Waals surface area contributed by atoms with Crippen molar-refractivity contribution < 1.29 is 86.8 Å². The van der Waals surface area contributed by atoms with Crippen LogP contribution in [0, 0.1) is 5.92 Å². The van der Waals surface area contributed by atoms with Crippen LogP contribution in [0.4, 0.5) is 9.59 Å². The molecule has 9 atom stereocenters. The first-order valence-electron chi connectivity index (χ1n) is 27.9. The van der Waals surface area contributed by atoms with Gasteiger partial charge in [-0.3, -0.25) is 57.5 Å². The number of carbonyl (C=O) groups is 14. The molecule has 0 bridgehead atoms. The molecule has 86 heavy (non-hydrogen) atoms. The number of aliphatic carboxylic acids is 2. The minimum absolute atomic E-state index is 0.0510. The topological polar surface area (TPSA) is 456 Å². The van der Waals surface area contributed by atoms with Crippen LogP contribution >= 0.6 is 0 Å². The predicted molar refractivity (Wildman–Crippen MR) is 306 cm³/mol. The van der Waals surface area contributed by atoms with Crippen LogP contribution in [0.2, 0.25) is 0 Å². The first-order valence-corrected chi connectivity index (χ1v) is 27.9. The van der Waals surface area contributed by atoms with Gasteiger partial charge in [0.2, 0.25) is 59.1 Å². The van der Waals surface area contributed by atoms with E-state index in [1.807, 2.05) is 12.1 Å². The van der Waals surface area contributed by atoms with Crippen molar-refractivity contribution in [3.63, 3.8) is 0 Å². The van der Waals surface area contributed by atoms with Crippen molar-refractivity contribution in [2.24, 2.45) is 11.7 Å². The number of benzene rings is 2. The first kappa shape index (κ1) is 72.7. The molecule has 2 rings (SSSR count). The minimum atomic E-state index is -1.80. The molecule has 30 nitrogen and oxygen atoms in total.